The topological polar surface area (TPSA) is 93.9 Å². The second-order valence-electron chi connectivity index (χ2n) is 6.61. The normalized spacial score (nSPS) is 18.8. The first-order chi connectivity index (χ1) is 14.0. The van der Waals surface area contributed by atoms with E-state index >= 15 is 0 Å². The van der Waals surface area contributed by atoms with E-state index in [1.807, 2.05) is 17.5 Å². The molecule has 29 heavy (non-hydrogen) atoms. The van der Waals surface area contributed by atoms with Gasteiger partial charge in [-0.1, -0.05) is 6.07 Å². The predicted molar refractivity (Wildman–Crippen MR) is 106 cm³/mol. The maximum Gasteiger partial charge on any atom is 0.325 e. The number of carbonyl (C=O) groups is 2. The van der Waals surface area contributed by atoms with Gasteiger partial charge in [-0.2, -0.15) is 0 Å². The minimum absolute atomic E-state index is 0.0593. The average Bonchev–Trinajstić information content (AvgIpc) is 3.46. The number of rotatable bonds is 6. The number of thiazole rings is 1. The molecule has 9 heteroatoms. The van der Waals surface area contributed by atoms with Crippen LogP contribution < -0.4 is 14.8 Å². The van der Waals surface area contributed by atoms with Gasteiger partial charge in [0.25, 0.3) is 5.91 Å². The van der Waals surface area contributed by atoms with E-state index in [1.165, 1.54) is 17.6 Å². The Labute approximate surface area is 171 Å². The molecule has 1 unspecified atom stereocenters. The van der Waals surface area contributed by atoms with Crippen molar-refractivity contribution in [3.8, 4) is 22.1 Å². The fraction of sp³-hybridized carbons (Fsp3) is 0.250. The lowest BCUT2D eigenvalue weighted by Gasteiger charge is -2.18. The van der Waals surface area contributed by atoms with E-state index in [4.69, 9.17) is 13.9 Å². The Morgan fingerprint density at radius 3 is 2.72 bits per heavy atom. The van der Waals surface area contributed by atoms with Crippen LogP contribution in [0.3, 0.4) is 0 Å². The second-order valence-corrected chi connectivity index (χ2v) is 7.47. The van der Waals surface area contributed by atoms with Gasteiger partial charge in [0, 0.05) is 5.38 Å². The van der Waals surface area contributed by atoms with Gasteiger partial charge in [0.1, 0.15) is 10.8 Å². The Bertz CT molecular complexity index is 1060. The van der Waals surface area contributed by atoms with Gasteiger partial charge in [0.05, 0.1) is 38.3 Å². The van der Waals surface area contributed by atoms with Crippen LogP contribution in [0.1, 0.15) is 18.4 Å². The highest BCUT2D eigenvalue weighted by Gasteiger charge is 2.51. The molecule has 3 aromatic rings. The molecule has 1 fully saturated rings. The third-order valence-electron chi connectivity index (χ3n) is 4.79. The number of furan rings is 1. The minimum Gasteiger partial charge on any atom is -0.493 e. The molecule has 1 atom stereocenters. The van der Waals surface area contributed by atoms with Crippen LogP contribution in [-0.2, 0) is 16.9 Å². The number of nitrogens with zero attached hydrogens (tertiary/aromatic N) is 2. The Balaban J connectivity index is 1.59. The lowest BCUT2D eigenvalue weighted by atomic mass is 9.99. The summed E-state index contributed by atoms with van der Waals surface area (Å²) >= 11 is 1.40. The van der Waals surface area contributed by atoms with E-state index in [0.29, 0.717) is 28.0 Å². The first-order valence-electron chi connectivity index (χ1n) is 8.81. The second kappa shape index (κ2) is 7.25. The van der Waals surface area contributed by atoms with Crippen molar-refractivity contribution >= 4 is 23.3 Å². The van der Waals surface area contributed by atoms with Gasteiger partial charge in [-0.25, -0.2) is 9.78 Å². The van der Waals surface area contributed by atoms with Crippen LogP contribution in [-0.4, -0.2) is 36.0 Å². The molecule has 4 rings (SSSR count). The molecule has 0 aliphatic carbocycles. The summed E-state index contributed by atoms with van der Waals surface area (Å²) in [4.78, 5) is 31.1. The Hall–Kier alpha value is -3.33. The lowest BCUT2D eigenvalue weighted by molar-refractivity contribution is -0.132. The molecule has 0 saturated carbocycles. The highest BCUT2D eigenvalue weighted by Crippen LogP contribution is 2.39. The van der Waals surface area contributed by atoms with E-state index in [9.17, 15) is 9.59 Å². The van der Waals surface area contributed by atoms with E-state index in [1.54, 1.807) is 39.3 Å². The quantitative estimate of drug-likeness (QED) is 0.623. The zero-order valence-corrected chi connectivity index (χ0v) is 16.9. The fourth-order valence-corrected chi connectivity index (χ4v) is 4.12. The molecule has 1 aliphatic rings. The number of urea groups is 1. The van der Waals surface area contributed by atoms with Gasteiger partial charge in [0.15, 0.2) is 17.0 Å². The van der Waals surface area contributed by atoms with Crippen molar-refractivity contribution < 1.29 is 23.5 Å². The first kappa shape index (κ1) is 19.0. The molecular weight excluding hydrogens is 394 g/mol. The van der Waals surface area contributed by atoms with Crippen LogP contribution in [0.15, 0.2) is 46.4 Å². The van der Waals surface area contributed by atoms with Crippen molar-refractivity contribution in [2.24, 2.45) is 0 Å². The Morgan fingerprint density at radius 2 is 2.03 bits per heavy atom. The van der Waals surface area contributed by atoms with E-state index < -0.39 is 11.6 Å². The summed E-state index contributed by atoms with van der Waals surface area (Å²) in [5.74, 6) is 1.19. The van der Waals surface area contributed by atoms with E-state index in [2.05, 4.69) is 10.3 Å². The number of methoxy groups -OCH3 is 2. The summed E-state index contributed by atoms with van der Waals surface area (Å²) < 4.78 is 16.2. The van der Waals surface area contributed by atoms with Crippen molar-refractivity contribution in [2.75, 3.05) is 14.2 Å². The van der Waals surface area contributed by atoms with Crippen LogP contribution in [0.2, 0.25) is 0 Å². The third kappa shape index (κ3) is 3.13. The molecule has 150 valence electrons. The summed E-state index contributed by atoms with van der Waals surface area (Å²) in [5.41, 5.74) is 0.151. The van der Waals surface area contributed by atoms with Crippen LogP contribution in [0.5, 0.6) is 11.5 Å². The van der Waals surface area contributed by atoms with Crippen LogP contribution >= 0.6 is 11.3 Å². The fourth-order valence-electron chi connectivity index (χ4n) is 3.29. The molecule has 8 nitrogen and oxygen atoms in total. The lowest BCUT2D eigenvalue weighted by Crippen LogP contribution is -2.40. The monoisotopic (exact) mass is 413 g/mol. The average molecular weight is 413 g/mol. The Kier molecular flexibility index (Phi) is 4.75. The molecule has 3 amide bonds. The number of amides is 3. The van der Waals surface area contributed by atoms with Crippen molar-refractivity contribution in [2.45, 2.75) is 19.0 Å². The van der Waals surface area contributed by atoms with Gasteiger partial charge in [-0.15, -0.1) is 11.3 Å². The number of hydrogen-bond donors (Lipinski definition) is 1. The number of aromatic nitrogens is 1. The number of ether oxygens (including phenoxy) is 2. The van der Waals surface area contributed by atoms with Gasteiger partial charge >= 0.3 is 6.03 Å². The summed E-state index contributed by atoms with van der Waals surface area (Å²) in [7, 11) is 3.14. The van der Waals surface area contributed by atoms with Crippen molar-refractivity contribution in [3.05, 3.63) is 53.4 Å². The number of nitrogens with one attached hydrogen (secondary N) is 1. The molecule has 3 heterocycles. The van der Waals surface area contributed by atoms with Crippen molar-refractivity contribution in [1.82, 2.24) is 15.2 Å². The maximum absolute atomic E-state index is 12.9. The first-order valence-corrected chi connectivity index (χ1v) is 9.69. The molecule has 1 saturated heterocycles. The van der Waals surface area contributed by atoms with Crippen LogP contribution in [0.4, 0.5) is 4.79 Å². The highest BCUT2D eigenvalue weighted by atomic mass is 32.1. The van der Waals surface area contributed by atoms with Gasteiger partial charge in [0.2, 0.25) is 0 Å². The van der Waals surface area contributed by atoms with Gasteiger partial charge in [-0.3, -0.25) is 9.69 Å². The van der Waals surface area contributed by atoms with Crippen LogP contribution in [0, 0.1) is 0 Å². The highest BCUT2D eigenvalue weighted by molar-refractivity contribution is 7.13. The molecule has 0 bridgehead atoms. The zero-order chi connectivity index (χ0) is 20.6. The number of carbonyl (C=O) groups excluding carboxylic acids is 2. The van der Waals surface area contributed by atoms with Gasteiger partial charge < -0.3 is 19.2 Å². The molecule has 2 aromatic heterocycles. The SMILES string of the molecule is COc1cccc(-c2nc(CN3C(=O)NC(C)(c4ccco4)C3=O)cs2)c1OC. The van der Waals surface area contributed by atoms with Gasteiger partial charge in [-0.05, 0) is 31.2 Å². The van der Waals surface area contributed by atoms with Crippen molar-refractivity contribution in [3.63, 3.8) is 0 Å². The minimum atomic E-state index is -1.23. The number of benzene rings is 1. The molecule has 1 N–H and O–H groups in total. The number of hydrogen-bond acceptors (Lipinski definition) is 7. The molecule has 0 radical (unpaired) electrons. The Morgan fingerprint density at radius 1 is 1.21 bits per heavy atom. The molecule has 0 spiro atoms. The van der Waals surface area contributed by atoms with E-state index in [0.717, 1.165) is 10.5 Å². The number of imide groups is 1. The molecular formula is C20H19N3O5S. The largest absolute Gasteiger partial charge is 0.493 e. The maximum atomic E-state index is 12.9. The number of para-hydroxylation sites is 1. The van der Waals surface area contributed by atoms with Crippen molar-refractivity contribution in [1.29, 1.82) is 0 Å². The van der Waals surface area contributed by atoms with Crippen LogP contribution in [0.25, 0.3) is 10.6 Å². The summed E-state index contributed by atoms with van der Waals surface area (Å²) in [6.07, 6.45) is 1.47. The van der Waals surface area contributed by atoms with E-state index in [-0.39, 0.29) is 12.5 Å². The molecule has 1 aliphatic heterocycles. The summed E-state index contributed by atoms with van der Waals surface area (Å²) in [6.45, 7) is 1.68. The smallest absolute Gasteiger partial charge is 0.325 e. The third-order valence-corrected chi connectivity index (χ3v) is 5.72. The standard InChI is InChI=1S/C20H19N3O5S/c1-20(15-8-5-9-28-15)18(24)23(19(25)22-20)10-12-11-29-17(21-12)13-6-4-7-14(26-2)16(13)27-3/h4-9,11H,10H2,1-3H3,(H,22,25). The zero-order valence-electron chi connectivity index (χ0n) is 16.1. The predicted octanol–water partition coefficient (Wildman–Crippen LogP) is 3.39. The summed E-state index contributed by atoms with van der Waals surface area (Å²) in [6, 6.07) is 8.39. The molecule has 1 aromatic carbocycles. The summed E-state index contributed by atoms with van der Waals surface area (Å²) in [5, 5.41) is 5.23.